The predicted octanol–water partition coefficient (Wildman–Crippen LogP) is 4.63. The van der Waals surface area contributed by atoms with Gasteiger partial charge in [0.05, 0.1) is 12.8 Å². The van der Waals surface area contributed by atoms with Crippen molar-refractivity contribution in [2.45, 2.75) is 20.0 Å². The quantitative estimate of drug-likeness (QED) is 0.620. The smallest absolute Gasteiger partial charge is 0.387 e. The molecule has 0 atom stereocenters. The second-order valence-corrected chi connectivity index (χ2v) is 6.43. The van der Waals surface area contributed by atoms with Crippen molar-refractivity contribution in [3.05, 3.63) is 53.0 Å². The molecule has 0 aliphatic carbocycles. The minimum Gasteiger partial charge on any atom is -0.497 e. The number of amides is 1. The van der Waals surface area contributed by atoms with E-state index in [2.05, 4.69) is 19.6 Å². The normalized spacial score (nSPS) is 10.8. The van der Waals surface area contributed by atoms with Crippen molar-refractivity contribution in [1.29, 1.82) is 0 Å². The predicted molar refractivity (Wildman–Crippen MR) is 102 cm³/mol. The molecular formula is C19H17F2N3O3S. The van der Waals surface area contributed by atoms with Gasteiger partial charge < -0.3 is 14.8 Å². The van der Waals surface area contributed by atoms with Crippen molar-refractivity contribution in [2.24, 2.45) is 0 Å². The Hall–Kier alpha value is -3.07. The summed E-state index contributed by atoms with van der Waals surface area (Å²) in [4.78, 5) is 12.9. The molecule has 0 unspecified atom stereocenters. The highest BCUT2D eigenvalue weighted by atomic mass is 32.1. The van der Waals surface area contributed by atoms with Crippen molar-refractivity contribution < 1.29 is 23.0 Å². The number of alkyl halides is 2. The molecule has 0 saturated heterocycles. The van der Waals surface area contributed by atoms with Crippen LogP contribution < -0.4 is 14.8 Å². The molecule has 0 aliphatic rings. The summed E-state index contributed by atoms with van der Waals surface area (Å²) in [6, 6.07) is 11.3. The lowest BCUT2D eigenvalue weighted by molar-refractivity contribution is -0.0494. The zero-order valence-electron chi connectivity index (χ0n) is 15.1. The van der Waals surface area contributed by atoms with Crippen LogP contribution in [0.2, 0.25) is 0 Å². The van der Waals surface area contributed by atoms with Gasteiger partial charge in [0.1, 0.15) is 16.4 Å². The zero-order valence-corrected chi connectivity index (χ0v) is 15.9. The zero-order chi connectivity index (χ0) is 20.1. The van der Waals surface area contributed by atoms with E-state index in [4.69, 9.17) is 4.74 Å². The number of ether oxygens (including phenoxy) is 2. The number of rotatable bonds is 7. The van der Waals surface area contributed by atoms with Gasteiger partial charge in [-0.05, 0) is 53.8 Å². The summed E-state index contributed by atoms with van der Waals surface area (Å²) in [7, 11) is 1.54. The van der Waals surface area contributed by atoms with Crippen LogP contribution in [0.1, 0.15) is 22.3 Å². The first-order valence-electron chi connectivity index (χ1n) is 8.37. The Bertz CT molecular complexity index is 961. The molecule has 0 radical (unpaired) electrons. The summed E-state index contributed by atoms with van der Waals surface area (Å²) in [5, 5.41) is 6.67. The molecule has 9 heteroatoms. The van der Waals surface area contributed by atoms with E-state index < -0.39 is 6.61 Å². The van der Waals surface area contributed by atoms with E-state index in [9.17, 15) is 13.6 Å². The summed E-state index contributed by atoms with van der Waals surface area (Å²) in [6.07, 6.45) is 0.581. The Morgan fingerprint density at radius 2 is 1.96 bits per heavy atom. The van der Waals surface area contributed by atoms with Gasteiger partial charge in [-0.1, -0.05) is 23.5 Å². The van der Waals surface area contributed by atoms with Gasteiger partial charge in [-0.3, -0.25) is 4.79 Å². The maximum absolute atomic E-state index is 12.8. The van der Waals surface area contributed by atoms with Gasteiger partial charge in [0.15, 0.2) is 0 Å². The van der Waals surface area contributed by atoms with Crippen LogP contribution >= 0.6 is 11.5 Å². The molecule has 2 aromatic carbocycles. The Kier molecular flexibility index (Phi) is 6.15. The van der Waals surface area contributed by atoms with Crippen LogP contribution in [0.15, 0.2) is 42.5 Å². The minimum atomic E-state index is -2.96. The molecule has 1 amide bonds. The van der Waals surface area contributed by atoms with Gasteiger partial charge in [0.25, 0.3) is 5.91 Å². The van der Waals surface area contributed by atoms with E-state index in [1.807, 2.05) is 6.92 Å². The molecule has 146 valence electrons. The number of aromatic nitrogens is 2. The number of aryl methyl sites for hydroxylation is 1. The summed E-state index contributed by atoms with van der Waals surface area (Å²) >= 11 is 1.01. The largest absolute Gasteiger partial charge is 0.497 e. The minimum absolute atomic E-state index is 0.00636. The molecular weight excluding hydrogens is 388 g/mol. The number of anilines is 1. The van der Waals surface area contributed by atoms with Crippen molar-refractivity contribution >= 4 is 23.1 Å². The molecule has 3 rings (SSSR count). The van der Waals surface area contributed by atoms with E-state index >= 15 is 0 Å². The van der Waals surface area contributed by atoms with Gasteiger partial charge in [-0.15, -0.1) is 5.10 Å². The average molecular weight is 405 g/mol. The number of benzene rings is 2. The van der Waals surface area contributed by atoms with Crippen LogP contribution in [-0.2, 0) is 6.42 Å². The number of nitrogens with zero attached hydrogens (tertiary/aromatic N) is 2. The molecule has 0 saturated carbocycles. The Morgan fingerprint density at radius 1 is 1.21 bits per heavy atom. The highest BCUT2D eigenvalue weighted by Crippen LogP contribution is 2.34. The Labute approximate surface area is 164 Å². The fourth-order valence-electron chi connectivity index (χ4n) is 2.60. The summed E-state index contributed by atoms with van der Waals surface area (Å²) < 4.78 is 39.1. The fraction of sp³-hybridized carbons (Fsp3) is 0.211. The first kappa shape index (κ1) is 19.7. The molecule has 0 aliphatic heterocycles. The summed E-state index contributed by atoms with van der Waals surface area (Å²) in [6.45, 7) is -1.08. The number of carbonyl (C=O) groups is 1. The van der Waals surface area contributed by atoms with Crippen molar-refractivity contribution in [1.82, 2.24) is 9.59 Å². The number of nitrogens with one attached hydrogen (secondary N) is 1. The number of carbonyl (C=O) groups excluding carboxylic acids is 1. The van der Waals surface area contributed by atoms with E-state index in [0.717, 1.165) is 11.5 Å². The molecule has 1 heterocycles. The van der Waals surface area contributed by atoms with Gasteiger partial charge >= 0.3 is 6.61 Å². The standard InChI is InChI=1S/C19H17F2N3O3S/c1-3-15-17(28-24-23-15)18(25)22-12-6-9-16(27-19(20)21)14(10-12)11-4-7-13(26-2)8-5-11/h4-10,19H,3H2,1-2H3,(H,22,25). The summed E-state index contributed by atoms with van der Waals surface area (Å²) in [5.41, 5.74) is 2.10. The number of methoxy groups -OCH3 is 1. The van der Waals surface area contributed by atoms with Crippen LogP contribution in [0, 0.1) is 0 Å². The molecule has 0 fully saturated rings. The van der Waals surface area contributed by atoms with Gasteiger partial charge in [0, 0.05) is 11.3 Å². The molecule has 3 aromatic rings. The fourth-order valence-corrected chi connectivity index (χ4v) is 3.25. The van der Waals surface area contributed by atoms with Gasteiger partial charge in [0.2, 0.25) is 0 Å². The molecule has 28 heavy (non-hydrogen) atoms. The van der Waals surface area contributed by atoms with Crippen LogP contribution in [-0.4, -0.2) is 29.2 Å². The second-order valence-electron chi connectivity index (χ2n) is 5.67. The summed E-state index contributed by atoms with van der Waals surface area (Å²) in [5.74, 6) is 0.288. The number of halogens is 2. The van der Waals surface area contributed by atoms with Crippen LogP contribution in [0.4, 0.5) is 14.5 Å². The SMILES string of the molecule is CCc1nnsc1C(=O)Nc1ccc(OC(F)F)c(-c2ccc(OC)cc2)c1. The number of hydrogen-bond donors (Lipinski definition) is 1. The lowest BCUT2D eigenvalue weighted by Gasteiger charge is -2.14. The lowest BCUT2D eigenvalue weighted by Crippen LogP contribution is -2.12. The average Bonchev–Trinajstić information content (AvgIpc) is 3.18. The maximum Gasteiger partial charge on any atom is 0.387 e. The van der Waals surface area contributed by atoms with Gasteiger partial charge in [-0.25, -0.2) is 0 Å². The van der Waals surface area contributed by atoms with Crippen molar-refractivity contribution in [3.8, 4) is 22.6 Å². The third-order valence-electron chi connectivity index (χ3n) is 3.95. The monoisotopic (exact) mass is 405 g/mol. The first-order valence-corrected chi connectivity index (χ1v) is 9.15. The Balaban J connectivity index is 1.93. The molecule has 1 N–H and O–H groups in total. The highest BCUT2D eigenvalue weighted by Gasteiger charge is 2.17. The van der Waals surface area contributed by atoms with E-state index in [0.29, 0.717) is 39.6 Å². The topological polar surface area (TPSA) is 73.3 Å². The molecule has 0 bridgehead atoms. The first-order chi connectivity index (χ1) is 13.5. The van der Waals surface area contributed by atoms with E-state index in [-0.39, 0.29) is 11.7 Å². The third-order valence-corrected chi connectivity index (χ3v) is 4.72. The van der Waals surface area contributed by atoms with Crippen LogP contribution in [0.5, 0.6) is 11.5 Å². The highest BCUT2D eigenvalue weighted by molar-refractivity contribution is 7.08. The molecule has 1 aromatic heterocycles. The third kappa shape index (κ3) is 4.42. The number of hydrogen-bond acceptors (Lipinski definition) is 6. The molecule has 6 nitrogen and oxygen atoms in total. The van der Waals surface area contributed by atoms with Crippen LogP contribution in [0.25, 0.3) is 11.1 Å². The van der Waals surface area contributed by atoms with Crippen molar-refractivity contribution in [3.63, 3.8) is 0 Å². The van der Waals surface area contributed by atoms with E-state index in [1.54, 1.807) is 30.3 Å². The van der Waals surface area contributed by atoms with Gasteiger partial charge in [-0.2, -0.15) is 8.78 Å². The van der Waals surface area contributed by atoms with Crippen molar-refractivity contribution in [2.75, 3.05) is 12.4 Å². The van der Waals surface area contributed by atoms with Crippen LogP contribution in [0.3, 0.4) is 0 Å². The lowest BCUT2D eigenvalue weighted by atomic mass is 10.0. The van der Waals surface area contributed by atoms with E-state index in [1.165, 1.54) is 19.2 Å². The molecule has 0 spiro atoms. The Morgan fingerprint density at radius 3 is 2.61 bits per heavy atom. The second kappa shape index (κ2) is 8.75. The maximum atomic E-state index is 12.8.